The molecule has 1 aliphatic carbocycles. The first-order valence-electron chi connectivity index (χ1n) is 10.9. The zero-order chi connectivity index (χ0) is 19.1. The summed E-state index contributed by atoms with van der Waals surface area (Å²) in [5.41, 5.74) is 2.22. The average Bonchev–Trinajstić information content (AvgIpc) is 2.70. The van der Waals surface area contributed by atoms with Crippen LogP contribution in [0.4, 0.5) is 5.69 Å². The summed E-state index contributed by atoms with van der Waals surface area (Å²) < 4.78 is 0. The Kier molecular flexibility index (Phi) is 12.2. The second-order valence-corrected chi connectivity index (χ2v) is 8.68. The number of hydrogen-bond donors (Lipinski definition) is 2. The molecule has 0 aromatic heterocycles. The lowest BCUT2D eigenvalue weighted by atomic mass is 9.84. The van der Waals surface area contributed by atoms with Crippen molar-refractivity contribution in [3.8, 4) is 0 Å². The lowest BCUT2D eigenvalue weighted by molar-refractivity contribution is -0.117. The topological polar surface area (TPSA) is 44.4 Å². The van der Waals surface area contributed by atoms with Gasteiger partial charge in [-0.05, 0) is 69.3 Å². The second-order valence-electron chi connectivity index (χ2n) is 8.68. The Morgan fingerprint density at radius 2 is 1.76 bits per heavy atom. The number of rotatable bonds is 7. The summed E-state index contributed by atoms with van der Waals surface area (Å²) in [6.07, 6.45) is 9.69. The van der Waals surface area contributed by atoms with Crippen molar-refractivity contribution in [2.75, 3.05) is 25.5 Å². The number of amides is 1. The zero-order valence-corrected chi connectivity index (χ0v) is 19.6. The van der Waals surface area contributed by atoms with Crippen LogP contribution < -0.4 is 10.6 Å². The molecule has 1 saturated carbocycles. The molecule has 1 aliphatic heterocycles. The van der Waals surface area contributed by atoms with E-state index in [4.69, 9.17) is 0 Å². The predicted octanol–water partition coefficient (Wildman–Crippen LogP) is 5.26. The maximum atomic E-state index is 12.7. The Balaban J connectivity index is 0.00000210. The molecule has 2 N–H and O–H groups in total. The molecular formula is C23H39Cl2N3O. The minimum absolute atomic E-state index is 0. The molecule has 4 nitrogen and oxygen atoms in total. The quantitative estimate of drug-likeness (QED) is 0.603. The minimum Gasteiger partial charge on any atom is -0.326 e. The average molecular weight is 444 g/mol. The van der Waals surface area contributed by atoms with E-state index in [1.165, 1.54) is 50.5 Å². The number of benzene rings is 1. The van der Waals surface area contributed by atoms with Crippen molar-refractivity contribution >= 4 is 36.4 Å². The Bertz CT molecular complexity index is 602. The number of nitrogens with zero attached hydrogens (tertiary/aromatic N) is 1. The SMILES string of the molecule is CC(CC(=O)Nc1ccccc1CN(C)C1CCCCC1)C1CCNCC1.Cl.Cl. The van der Waals surface area contributed by atoms with Crippen molar-refractivity contribution in [1.29, 1.82) is 0 Å². The molecule has 1 amide bonds. The van der Waals surface area contributed by atoms with Gasteiger partial charge in [0.2, 0.25) is 5.91 Å². The van der Waals surface area contributed by atoms with Crippen LogP contribution >= 0.6 is 24.8 Å². The van der Waals surface area contributed by atoms with E-state index in [1.807, 2.05) is 6.07 Å². The summed E-state index contributed by atoms with van der Waals surface area (Å²) in [5, 5.41) is 6.62. The van der Waals surface area contributed by atoms with Crippen LogP contribution in [-0.4, -0.2) is 37.0 Å². The van der Waals surface area contributed by atoms with Crippen molar-refractivity contribution in [2.45, 2.75) is 70.9 Å². The summed E-state index contributed by atoms with van der Waals surface area (Å²) in [6, 6.07) is 9.00. The van der Waals surface area contributed by atoms with Gasteiger partial charge in [0.25, 0.3) is 0 Å². The van der Waals surface area contributed by atoms with Crippen LogP contribution in [-0.2, 0) is 11.3 Å². The lowest BCUT2D eigenvalue weighted by Gasteiger charge is -2.31. The fourth-order valence-corrected chi connectivity index (χ4v) is 4.77. The first-order valence-corrected chi connectivity index (χ1v) is 10.9. The van der Waals surface area contributed by atoms with Crippen LogP contribution in [0.2, 0.25) is 0 Å². The molecule has 0 bridgehead atoms. The zero-order valence-electron chi connectivity index (χ0n) is 18.0. The number of nitrogens with one attached hydrogen (secondary N) is 2. The molecule has 1 atom stereocenters. The van der Waals surface area contributed by atoms with Crippen LogP contribution in [0.3, 0.4) is 0 Å². The van der Waals surface area contributed by atoms with E-state index in [0.717, 1.165) is 25.3 Å². The number of piperidine rings is 1. The number of anilines is 1. The third-order valence-electron chi connectivity index (χ3n) is 6.61. The molecule has 29 heavy (non-hydrogen) atoms. The summed E-state index contributed by atoms with van der Waals surface area (Å²) in [7, 11) is 2.23. The van der Waals surface area contributed by atoms with E-state index in [-0.39, 0.29) is 30.7 Å². The fraction of sp³-hybridized carbons (Fsp3) is 0.696. The van der Waals surface area contributed by atoms with Crippen LogP contribution in [0.25, 0.3) is 0 Å². The van der Waals surface area contributed by atoms with E-state index in [0.29, 0.717) is 24.3 Å². The Labute approximate surface area is 189 Å². The standard InChI is InChI=1S/C23H37N3O.2ClH/c1-18(19-12-14-24-15-13-19)16-23(27)25-22-11-7-6-8-20(22)17-26(2)21-9-4-3-5-10-21;;/h6-8,11,18-19,21,24H,3-5,9-10,12-17H2,1-2H3,(H,25,27);2*1H. The van der Waals surface area contributed by atoms with Gasteiger partial charge >= 0.3 is 0 Å². The molecule has 1 aromatic rings. The molecule has 166 valence electrons. The Hall–Kier alpha value is -0.810. The normalized spacial score (nSPS) is 19.1. The summed E-state index contributed by atoms with van der Waals surface area (Å²) in [6.45, 7) is 5.32. The third kappa shape index (κ3) is 8.09. The highest BCUT2D eigenvalue weighted by atomic mass is 35.5. The van der Waals surface area contributed by atoms with E-state index in [1.54, 1.807) is 0 Å². The van der Waals surface area contributed by atoms with E-state index in [9.17, 15) is 4.79 Å². The molecule has 2 aliphatic rings. The van der Waals surface area contributed by atoms with Crippen LogP contribution in [0.1, 0.15) is 63.9 Å². The van der Waals surface area contributed by atoms with Gasteiger partial charge in [-0.25, -0.2) is 0 Å². The number of halogens is 2. The van der Waals surface area contributed by atoms with Crippen LogP contribution in [0.15, 0.2) is 24.3 Å². The molecule has 0 radical (unpaired) electrons. The van der Waals surface area contributed by atoms with E-state index < -0.39 is 0 Å². The van der Waals surface area contributed by atoms with Gasteiger partial charge < -0.3 is 10.6 Å². The van der Waals surface area contributed by atoms with E-state index >= 15 is 0 Å². The van der Waals surface area contributed by atoms with E-state index in [2.05, 4.69) is 47.7 Å². The first-order chi connectivity index (χ1) is 13.1. The summed E-state index contributed by atoms with van der Waals surface area (Å²) >= 11 is 0. The van der Waals surface area contributed by atoms with Crippen LogP contribution in [0, 0.1) is 11.8 Å². The van der Waals surface area contributed by atoms with Gasteiger partial charge in [0.1, 0.15) is 0 Å². The monoisotopic (exact) mass is 443 g/mol. The van der Waals surface area contributed by atoms with Gasteiger partial charge in [-0.3, -0.25) is 9.69 Å². The highest BCUT2D eigenvalue weighted by Gasteiger charge is 2.23. The van der Waals surface area contributed by atoms with Crippen molar-refractivity contribution in [2.24, 2.45) is 11.8 Å². The van der Waals surface area contributed by atoms with Gasteiger partial charge in [-0.2, -0.15) is 0 Å². The molecule has 1 saturated heterocycles. The fourth-order valence-electron chi connectivity index (χ4n) is 4.77. The minimum atomic E-state index is 0. The molecule has 1 heterocycles. The molecule has 1 unspecified atom stereocenters. The maximum Gasteiger partial charge on any atom is 0.224 e. The summed E-state index contributed by atoms with van der Waals surface area (Å²) in [5.74, 6) is 1.28. The smallest absolute Gasteiger partial charge is 0.224 e. The molecule has 3 rings (SSSR count). The number of carbonyl (C=O) groups is 1. The Morgan fingerprint density at radius 1 is 1.10 bits per heavy atom. The van der Waals surface area contributed by atoms with Crippen molar-refractivity contribution < 1.29 is 4.79 Å². The molecular weight excluding hydrogens is 405 g/mol. The molecule has 1 aromatic carbocycles. The molecule has 6 heteroatoms. The van der Waals surface area contributed by atoms with Crippen molar-refractivity contribution in [3.05, 3.63) is 29.8 Å². The number of hydrogen-bond acceptors (Lipinski definition) is 3. The highest BCUT2D eigenvalue weighted by molar-refractivity contribution is 5.91. The Morgan fingerprint density at radius 3 is 2.45 bits per heavy atom. The largest absolute Gasteiger partial charge is 0.326 e. The van der Waals surface area contributed by atoms with Gasteiger partial charge in [0.15, 0.2) is 0 Å². The summed E-state index contributed by atoms with van der Waals surface area (Å²) in [4.78, 5) is 15.1. The number of para-hydroxylation sites is 1. The van der Waals surface area contributed by atoms with Gasteiger partial charge in [-0.1, -0.05) is 44.4 Å². The maximum absolute atomic E-state index is 12.7. The highest BCUT2D eigenvalue weighted by Crippen LogP contribution is 2.27. The second kappa shape index (κ2) is 13.5. The third-order valence-corrected chi connectivity index (χ3v) is 6.61. The lowest BCUT2D eigenvalue weighted by Crippen LogP contribution is -2.33. The van der Waals surface area contributed by atoms with Crippen molar-refractivity contribution in [3.63, 3.8) is 0 Å². The van der Waals surface area contributed by atoms with Gasteiger partial charge in [-0.15, -0.1) is 24.8 Å². The van der Waals surface area contributed by atoms with Gasteiger partial charge in [0.05, 0.1) is 0 Å². The predicted molar refractivity (Wildman–Crippen MR) is 127 cm³/mol. The first kappa shape index (κ1) is 26.2. The van der Waals surface area contributed by atoms with Crippen molar-refractivity contribution in [1.82, 2.24) is 10.2 Å². The van der Waals surface area contributed by atoms with Crippen LogP contribution in [0.5, 0.6) is 0 Å². The molecule has 2 fully saturated rings. The molecule has 0 spiro atoms. The number of carbonyl (C=O) groups excluding carboxylic acids is 1. The van der Waals surface area contributed by atoms with Gasteiger partial charge in [0, 0.05) is 24.7 Å².